The fraction of sp³-hybridized carbons (Fsp3) is 0.364. The van der Waals surface area contributed by atoms with Crippen molar-refractivity contribution in [1.82, 2.24) is 9.80 Å². The van der Waals surface area contributed by atoms with Gasteiger partial charge in [0.05, 0.1) is 25.1 Å². The minimum Gasteiger partial charge on any atom is -0.508 e. The molecule has 6 nitrogen and oxygen atoms in total. The Morgan fingerprint density at radius 3 is 2.75 bits per heavy atom. The molecule has 3 aliphatic rings. The van der Waals surface area contributed by atoms with Crippen molar-refractivity contribution >= 4 is 11.8 Å². The van der Waals surface area contributed by atoms with Crippen molar-refractivity contribution in [2.45, 2.75) is 37.6 Å². The number of hydrogen-bond acceptors (Lipinski definition) is 4. The van der Waals surface area contributed by atoms with Gasteiger partial charge < -0.3 is 19.6 Å². The number of carbonyl (C=O) groups excluding carboxylic acids is 2. The summed E-state index contributed by atoms with van der Waals surface area (Å²) in [6.07, 6.45) is 0.878. The molecule has 0 bridgehead atoms. The Morgan fingerprint density at radius 2 is 1.96 bits per heavy atom. The molecule has 3 aliphatic heterocycles. The van der Waals surface area contributed by atoms with Crippen LogP contribution in [0.4, 0.5) is 0 Å². The first-order valence-electron chi connectivity index (χ1n) is 9.63. The largest absolute Gasteiger partial charge is 0.508 e. The van der Waals surface area contributed by atoms with Crippen LogP contribution in [-0.4, -0.2) is 51.6 Å². The highest BCUT2D eigenvalue weighted by molar-refractivity contribution is 5.97. The minimum absolute atomic E-state index is 0.0292. The Bertz CT molecular complexity index is 960. The van der Waals surface area contributed by atoms with Gasteiger partial charge in [-0.1, -0.05) is 36.4 Å². The molecule has 0 saturated carbocycles. The predicted octanol–water partition coefficient (Wildman–Crippen LogP) is 2.62. The van der Waals surface area contributed by atoms with E-state index in [1.165, 1.54) is 0 Å². The standard InChI is InChI=1S/C22H22N2O4/c1-14-16(8-5-9-18(14)25)21(27)23-11-10-22-19(23)12-20(26)24(22)17(13-28-22)15-6-3-2-4-7-15/h2-9,17,19,25H,10-13H2,1H3/t17-,19+,22-/m0/s1. The van der Waals surface area contributed by atoms with Gasteiger partial charge in [-0.2, -0.15) is 0 Å². The Hall–Kier alpha value is -2.86. The van der Waals surface area contributed by atoms with Gasteiger partial charge in [-0.3, -0.25) is 9.59 Å². The molecule has 5 rings (SSSR count). The lowest BCUT2D eigenvalue weighted by Crippen LogP contribution is -2.49. The number of benzene rings is 2. The summed E-state index contributed by atoms with van der Waals surface area (Å²) in [4.78, 5) is 29.8. The van der Waals surface area contributed by atoms with Crippen molar-refractivity contribution in [3.05, 3.63) is 65.2 Å². The van der Waals surface area contributed by atoms with Gasteiger partial charge in [0.2, 0.25) is 5.91 Å². The van der Waals surface area contributed by atoms with Crippen LogP contribution in [0.25, 0.3) is 0 Å². The van der Waals surface area contributed by atoms with Crippen LogP contribution in [0, 0.1) is 6.92 Å². The van der Waals surface area contributed by atoms with E-state index in [1.54, 1.807) is 30.0 Å². The average Bonchev–Trinajstić information content (AvgIpc) is 3.33. The number of ether oxygens (including phenoxy) is 1. The highest BCUT2D eigenvalue weighted by atomic mass is 16.5. The van der Waals surface area contributed by atoms with Gasteiger partial charge in [0.25, 0.3) is 5.91 Å². The number of hydrogen-bond donors (Lipinski definition) is 1. The highest BCUT2D eigenvalue weighted by Crippen LogP contribution is 2.51. The van der Waals surface area contributed by atoms with Crippen LogP contribution in [0.15, 0.2) is 48.5 Å². The second-order valence-electron chi connectivity index (χ2n) is 7.76. The second kappa shape index (κ2) is 6.07. The lowest BCUT2D eigenvalue weighted by Gasteiger charge is -2.33. The van der Waals surface area contributed by atoms with Crippen LogP contribution < -0.4 is 0 Å². The summed E-state index contributed by atoms with van der Waals surface area (Å²) in [5.41, 5.74) is 1.35. The summed E-state index contributed by atoms with van der Waals surface area (Å²) in [7, 11) is 0. The summed E-state index contributed by atoms with van der Waals surface area (Å²) in [5.74, 6) is -0.0247. The van der Waals surface area contributed by atoms with Crippen molar-refractivity contribution in [2.75, 3.05) is 13.2 Å². The van der Waals surface area contributed by atoms with Crippen molar-refractivity contribution in [3.8, 4) is 5.75 Å². The molecule has 0 radical (unpaired) electrons. The van der Waals surface area contributed by atoms with Crippen LogP contribution in [0.3, 0.4) is 0 Å². The summed E-state index contributed by atoms with van der Waals surface area (Å²) < 4.78 is 6.26. The maximum absolute atomic E-state index is 13.2. The van der Waals surface area contributed by atoms with E-state index in [9.17, 15) is 14.7 Å². The molecule has 0 unspecified atom stereocenters. The van der Waals surface area contributed by atoms with Crippen molar-refractivity contribution in [1.29, 1.82) is 0 Å². The molecule has 3 fully saturated rings. The first kappa shape index (κ1) is 17.3. The number of carbonyl (C=O) groups is 2. The third-order valence-electron chi connectivity index (χ3n) is 6.44. The highest BCUT2D eigenvalue weighted by Gasteiger charge is 2.65. The molecule has 3 heterocycles. The van der Waals surface area contributed by atoms with Crippen LogP contribution in [0.1, 0.15) is 40.4 Å². The van der Waals surface area contributed by atoms with E-state index >= 15 is 0 Å². The quantitative estimate of drug-likeness (QED) is 0.872. The zero-order chi connectivity index (χ0) is 19.5. The average molecular weight is 378 g/mol. The normalized spacial score (nSPS) is 28.5. The van der Waals surface area contributed by atoms with E-state index < -0.39 is 5.72 Å². The van der Waals surface area contributed by atoms with Gasteiger partial charge in [-0.15, -0.1) is 0 Å². The van der Waals surface area contributed by atoms with E-state index in [2.05, 4.69) is 0 Å². The lowest BCUT2D eigenvalue weighted by atomic mass is 10.0. The molecule has 144 valence electrons. The molecule has 3 saturated heterocycles. The topological polar surface area (TPSA) is 70.1 Å². The van der Waals surface area contributed by atoms with Gasteiger partial charge in [-0.25, -0.2) is 0 Å². The van der Waals surface area contributed by atoms with Crippen LogP contribution in [-0.2, 0) is 9.53 Å². The monoisotopic (exact) mass is 378 g/mol. The Morgan fingerprint density at radius 1 is 1.18 bits per heavy atom. The molecule has 2 aromatic carbocycles. The van der Waals surface area contributed by atoms with Gasteiger partial charge in [0, 0.05) is 24.1 Å². The first-order valence-corrected chi connectivity index (χ1v) is 9.63. The number of rotatable bonds is 2. The molecule has 0 aromatic heterocycles. The van der Waals surface area contributed by atoms with E-state index in [4.69, 9.17) is 4.74 Å². The number of phenolic OH excluding ortho intramolecular Hbond substituents is 1. The third-order valence-corrected chi connectivity index (χ3v) is 6.44. The van der Waals surface area contributed by atoms with Crippen LogP contribution in [0.2, 0.25) is 0 Å². The van der Waals surface area contributed by atoms with E-state index in [0.717, 1.165) is 5.56 Å². The lowest BCUT2D eigenvalue weighted by molar-refractivity contribution is -0.138. The van der Waals surface area contributed by atoms with Gasteiger partial charge in [0.15, 0.2) is 5.72 Å². The minimum atomic E-state index is -0.738. The Labute approximate surface area is 163 Å². The third kappa shape index (κ3) is 2.24. The smallest absolute Gasteiger partial charge is 0.254 e. The summed E-state index contributed by atoms with van der Waals surface area (Å²) in [6, 6.07) is 14.5. The van der Waals surface area contributed by atoms with Crippen molar-refractivity contribution in [2.24, 2.45) is 0 Å². The fourth-order valence-electron chi connectivity index (χ4n) is 5.02. The SMILES string of the molecule is Cc1c(O)cccc1C(=O)N1CC[C@@]23OC[C@@H](c4ccccc4)N2C(=O)C[C@@H]13. The molecule has 28 heavy (non-hydrogen) atoms. The van der Waals surface area contributed by atoms with Gasteiger partial charge in [-0.05, 0) is 24.6 Å². The maximum Gasteiger partial charge on any atom is 0.254 e. The molecule has 1 N–H and O–H groups in total. The Balaban J connectivity index is 1.48. The summed E-state index contributed by atoms with van der Waals surface area (Å²) in [5, 5.41) is 9.97. The summed E-state index contributed by atoms with van der Waals surface area (Å²) >= 11 is 0. The molecule has 1 spiro atoms. The molecular weight excluding hydrogens is 356 g/mol. The first-order chi connectivity index (χ1) is 13.5. The molecule has 3 atom stereocenters. The van der Waals surface area contributed by atoms with E-state index in [-0.39, 0.29) is 36.1 Å². The number of aromatic hydroxyl groups is 1. The number of amides is 2. The number of likely N-dealkylation sites (tertiary alicyclic amines) is 1. The maximum atomic E-state index is 13.2. The zero-order valence-corrected chi connectivity index (χ0v) is 15.7. The number of nitrogens with zero attached hydrogens (tertiary/aromatic N) is 2. The second-order valence-corrected chi connectivity index (χ2v) is 7.76. The van der Waals surface area contributed by atoms with Crippen LogP contribution in [0.5, 0.6) is 5.75 Å². The zero-order valence-electron chi connectivity index (χ0n) is 15.7. The molecule has 2 amide bonds. The number of phenols is 1. The fourth-order valence-corrected chi connectivity index (χ4v) is 5.02. The molecule has 6 heteroatoms. The van der Waals surface area contributed by atoms with Crippen LogP contribution >= 0.6 is 0 Å². The summed E-state index contributed by atoms with van der Waals surface area (Å²) in [6.45, 7) is 2.71. The van der Waals surface area contributed by atoms with Crippen molar-refractivity contribution in [3.63, 3.8) is 0 Å². The van der Waals surface area contributed by atoms with E-state index in [1.807, 2.05) is 35.2 Å². The molecular formula is C22H22N2O4. The Kier molecular flexibility index (Phi) is 3.74. The van der Waals surface area contributed by atoms with Crippen molar-refractivity contribution < 1.29 is 19.4 Å². The van der Waals surface area contributed by atoms with E-state index in [0.29, 0.717) is 30.7 Å². The molecule has 0 aliphatic carbocycles. The predicted molar refractivity (Wildman–Crippen MR) is 102 cm³/mol. The molecule has 2 aromatic rings. The van der Waals surface area contributed by atoms with Gasteiger partial charge in [0.1, 0.15) is 5.75 Å². The van der Waals surface area contributed by atoms with Gasteiger partial charge >= 0.3 is 0 Å².